The van der Waals surface area contributed by atoms with Gasteiger partial charge in [-0.3, -0.25) is 0 Å². The van der Waals surface area contributed by atoms with Gasteiger partial charge in [0.2, 0.25) is 0 Å². The Morgan fingerprint density at radius 1 is 0.731 bits per heavy atom. The molecule has 0 aromatic carbocycles. The summed E-state index contributed by atoms with van der Waals surface area (Å²) in [6, 6.07) is 0. The molecule has 0 aromatic heterocycles. The lowest BCUT2D eigenvalue weighted by Crippen LogP contribution is -2.50. The van der Waals surface area contributed by atoms with Crippen LogP contribution in [0.1, 0.15) is 98.3 Å². The normalized spacial score (nSPS) is 11.5. The molecule has 0 fully saturated rings. The second kappa shape index (κ2) is 16.4. The Labute approximate surface area is 163 Å². The van der Waals surface area contributed by atoms with Crippen LogP contribution in [-0.4, -0.2) is 43.2 Å². The van der Waals surface area contributed by atoms with E-state index in [4.69, 9.17) is 4.74 Å². The summed E-state index contributed by atoms with van der Waals surface area (Å²) in [5.74, 6) is -0.256. The van der Waals surface area contributed by atoms with Gasteiger partial charge in [0, 0.05) is 5.57 Å². The first-order valence-electron chi connectivity index (χ1n) is 11.2. The molecule has 0 rings (SSSR count). The molecule has 0 aliphatic rings. The summed E-state index contributed by atoms with van der Waals surface area (Å²) in [6.45, 7) is 18.2. The zero-order chi connectivity index (χ0) is 19.7. The topological polar surface area (TPSA) is 26.3 Å². The van der Waals surface area contributed by atoms with Crippen molar-refractivity contribution in [1.29, 1.82) is 0 Å². The van der Waals surface area contributed by atoms with Crippen molar-refractivity contribution >= 4 is 5.97 Å². The molecule has 0 bridgehead atoms. The number of hydrogen-bond donors (Lipinski definition) is 0. The van der Waals surface area contributed by atoms with Crippen molar-refractivity contribution < 1.29 is 14.0 Å². The first-order valence-corrected chi connectivity index (χ1v) is 11.2. The number of carbonyl (C=O) groups is 1. The Bertz CT molecular complexity index is 359. The SMILES string of the molecule is C=C(C)C(=O)OCCCCCCCC[N+](CCC)(CCC)CCCCC. The number of nitrogens with zero attached hydrogens (tertiary/aromatic N) is 1. The van der Waals surface area contributed by atoms with Gasteiger partial charge >= 0.3 is 5.97 Å². The predicted octanol–water partition coefficient (Wildman–Crippen LogP) is 6.27. The van der Waals surface area contributed by atoms with Gasteiger partial charge in [0.05, 0.1) is 32.8 Å². The summed E-state index contributed by atoms with van der Waals surface area (Å²) in [7, 11) is 0. The molecule has 0 atom stereocenters. The Balaban J connectivity index is 3.92. The second-order valence-corrected chi connectivity index (χ2v) is 7.98. The van der Waals surface area contributed by atoms with Gasteiger partial charge in [0.1, 0.15) is 0 Å². The fourth-order valence-electron chi connectivity index (χ4n) is 3.86. The summed E-state index contributed by atoms with van der Waals surface area (Å²) in [4.78, 5) is 11.3. The standard InChI is InChI=1S/C23H46NO2/c1-6-9-14-19-24(17-7-2,18-8-3)20-15-12-10-11-13-16-21-26-23(25)22(4)5/h4,6-21H2,1-3,5H3/q+1. The summed E-state index contributed by atoms with van der Waals surface area (Å²) < 4.78 is 6.49. The highest BCUT2D eigenvalue weighted by Crippen LogP contribution is 2.17. The molecule has 0 N–H and O–H groups in total. The van der Waals surface area contributed by atoms with Crippen LogP contribution in [-0.2, 0) is 9.53 Å². The van der Waals surface area contributed by atoms with Gasteiger partial charge in [-0.15, -0.1) is 0 Å². The number of quaternary nitrogens is 1. The zero-order valence-corrected chi connectivity index (χ0v) is 18.3. The number of esters is 1. The Morgan fingerprint density at radius 3 is 1.73 bits per heavy atom. The molecule has 0 saturated heterocycles. The molecule has 154 valence electrons. The average molecular weight is 369 g/mol. The van der Waals surface area contributed by atoms with Crippen LogP contribution in [0.5, 0.6) is 0 Å². The fraction of sp³-hybridized carbons (Fsp3) is 0.870. The van der Waals surface area contributed by atoms with Crippen LogP contribution in [0.25, 0.3) is 0 Å². The van der Waals surface area contributed by atoms with Crippen molar-refractivity contribution in [2.24, 2.45) is 0 Å². The third kappa shape index (κ3) is 12.5. The van der Waals surface area contributed by atoms with Crippen molar-refractivity contribution in [1.82, 2.24) is 0 Å². The minimum atomic E-state index is -0.256. The maximum absolute atomic E-state index is 11.3. The van der Waals surface area contributed by atoms with Gasteiger partial charge in [-0.05, 0) is 51.9 Å². The maximum Gasteiger partial charge on any atom is 0.333 e. The molecule has 0 aliphatic heterocycles. The molecule has 0 aromatic rings. The van der Waals surface area contributed by atoms with E-state index in [1.807, 2.05) is 0 Å². The summed E-state index contributed by atoms with van der Waals surface area (Å²) in [5, 5.41) is 0. The quantitative estimate of drug-likeness (QED) is 0.123. The summed E-state index contributed by atoms with van der Waals surface area (Å²) >= 11 is 0. The van der Waals surface area contributed by atoms with Crippen molar-refractivity contribution in [3.63, 3.8) is 0 Å². The van der Waals surface area contributed by atoms with Crippen molar-refractivity contribution in [2.75, 3.05) is 32.8 Å². The van der Waals surface area contributed by atoms with Gasteiger partial charge in [0.25, 0.3) is 0 Å². The first kappa shape index (κ1) is 25.2. The van der Waals surface area contributed by atoms with E-state index in [9.17, 15) is 4.79 Å². The Kier molecular flexibility index (Phi) is 15.8. The van der Waals surface area contributed by atoms with Crippen molar-refractivity contribution in [3.8, 4) is 0 Å². The van der Waals surface area contributed by atoms with E-state index in [1.165, 1.54) is 88.4 Å². The van der Waals surface area contributed by atoms with Crippen LogP contribution in [0.2, 0.25) is 0 Å². The monoisotopic (exact) mass is 368 g/mol. The smallest absolute Gasteiger partial charge is 0.333 e. The van der Waals surface area contributed by atoms with Crippen molar-refractivity contribution in [3.05, 3.63) is 12.2 Å². The van der Waals surface area contributed by atoms with Gasteiger partial charge in [-0.2, -0.15) is 0 Å². The molecule has 0 spiro atoms. The lowest BCUT2D eigenvalue weighted by Gasteiger charge is -2.39. The van der Waals surface area contributed by atoms with Crippen LogP contribution in [0, 0.1) is 0 Å². The highest BCUT2D eigenvalue weighted by atomic mass is 16.5. The predicted molar refractivity (Wildman–Crippen MR) is 113 cm³/mol. The Morgan fingerprint density at radius 2 is 1.23 bits per heavy atom. The van der Waals surface area contributed by atoms with Gasteiger partial charge in [-0.25, -0.2) is 4.79 Å². The highest BCUT2D eigenvalue weighted by Gasteiger charge is 2.24. The molecule has 26 heavy (non-hydrogen) atoms. The average Bonchev–Trinajstić information content (AvgIpc) is 2.60. The third-order valence-corrected chi connectivity index (χ3v) is 5.24. The second-order valence-electron chi connectivity index (χ2n) is 7.98. The Hall–Kier alpha value is -0.830. The number of rotatable bonds is 18. The molecule has 3 nitrogen and oxygen atoms in total. The molecule has 3 heteroatoms. The van der Waals surface area contributed by atoms with Gasteiger partial charge in [0.15, 0.2) is 0 Å². The number of carbonyl (C=O) groups excluding carboxylic acids is 1. The molecule has 0 unspecified atom stereocenters. The maximum atomic E-state index is 11.3. The van der Waals surface area contributed by atoms with E-state index in [0.29, 0.717) is 12.2 Å². The van der Waals surface area contributed by atoms with E-state index in [0.717, 1.165) is 12.8 Å². The van der Waals surface area contributed by atoms with Crippen LogP contribution in [0.3, 0.4) is 0 Å². The summed E-state index contributed by atoms with van der Waals surface area (Å²) in [6.07, 6.45) is 14.1. The molecule has 0 heterocycles. The van der Waals surface area contributed by atoms with E-state index in [-0.39, 0.29) is 5.97 Å². The van der Waals surface area contributed by atoms with Crippen LogP contribution < -0.4 is 0 Å². The molecular weight excluding hydrogens is 322 g/mol. The van der Waals surface area contributed by atoms with Crippen LogP contribution >= 0.6 is 0 Å². The highest BCUT2D eigenvalue weighted by molar-refractivity contribution is 5.86. The molecular formula is C23H46NO2+. The lowest BCUT2D eigenvalue weighted by atomic mass is 10.1. The molecule has 0 saturated carbocycles. The summed E-state index contributed by atoms with van der Waals surface area (Å²) in [5.41, 5.74) is 0.490. The van der Waals surface area contributed by atoms with E-state index in [2.05, 4.69) is 27.4 Å². The lowest BCUT2D eigenvalue weighted by molar-refractivity contribution is -0.928. The van der Waals surface area contributed by atoms with Gasteiger partial charge < -0.3 is 9.22 Å². The zero-order valence-electron chi connectivity index (χ0n) is 18.3. The number of unbranched alkanes of at least 4 members (excludes halogenated alkanes) is 7. The minimum Gasteiger partial charge on any atom is -0.462 e. The number of ether oxygens (including phenoxy) is 1. The molecule has 0 amide bonds. The van der Waals surface area contributed by atoms with E-state index < -0.39 is 0 Å². The van der Waals surface area contributed by atoms with Crippen molar-refractivity contribution in [2.45, 2.75) is 98.3 Å². The fourth-order valence-corrected chi connectivity index (χ4v) is 3.86. The molecule has 0 aliphatic carbocycles. The minimum absolute atomic E-state index is 0.256. The molecule has 0 radical (unpaired) electrons. The van der Waals surface area contributed by atoms with E-state index in [1.54, 1.807) is 6.92 Å². The van der Waals surface area contributed by atoms with Gasteiger partial charge in [-0.1, -0.05) is 53.0 Å². The first-order chi connectivity index (χ1) is 12.5. The van der Waals surface area contributed by atoms with Crippen LogP contribution in [0.15, 0.2) is 12.2 Å². The third-order valence-electron chi connectivity index (χ3n) is 5.24. The number of hydrogen-bond acceptors (Lipinski definition) is 2. The van der Waals surface area contributed by atoms with Crippen LogP contribution in [0.4, 0.5) is 0 Å². The van der Waals surface area contributed by atoms with E-state index >= 15 is 0 Å². The largest absolute Gasteiger partial charge is 0.462 e.